The predicted octanol–water partition coefficient (Wildman–Crippen LogP) is 2.39. The molecule has 140 valence electrons. The molecule has 2 aromatic heterocycles. The molecule has 3 rings (SSSR count). The first-order chi connectivity index (χ1) is 13.1. The van der Waals surface area contributed by atoms with Gasteiger partial charge in [-0.1, -0.05) is 30.3 Å². The number of carbonyl (C=O) groups is 1. The summed E-state index contributed by atoms with van der Waals surface area (Å²) in [5.41, 5.74) is 3.17. The third-order valence-electron chi connectivity index (χ3n) is 4.18. The molecule has 1 aromatic carbocycles. The van der Waals surface area contributed by atoms with Gasteiger partial charge in [0.1, 0.15) is 5.82 Å². The molecule has 7 heteroatoms. The maximum Gasteiger partial charge on any atom is 0.315 e. The number of hydrogen-bond donors (Lipinski definition) is 2. The van der Waals surface area contributed by atoms with Crippen molar-refractivity contribution in [3.05, 3.63) is 77.7 Å². The summed E-state index contributed by atoms with van der Waals surface area (Å²) in [5, 5.41) is 10.1. The number of pyridine rings is 1. The molecule has 2 N–H and O–H groups in total. The van der Waals surface area contributed by atoms with Gasteiger partial charge in [-0.05, 0) is 23.3 Å². The van der Waals surface area contributed by atoms with Gasteiger partial charge in [-0.2, -0.15) is 5.10 Å². The highest BCUT2D eigenvalue weighted by Gasteiger charge is 2.08. The summed E-state index contributed by atoms with van der Waals surface area (Å²) in [6, 6.07) is 13.6. The fourth-order valence-electron chi connectivity index (χ4n) is 2.84. The Hall–Kier alpha value is -3.35. The Bertz CT molecular complexity index is 876. The Morgan fingerprint density at radius 1 is 0.963 bits per heavy atom. The zero-order valence-electron chi connectivity index (χ0n) is 15.6. The molecule has 0 radical (unpaired) electrons. The van der Waals surface area contributed by atoms with E-state index < -0.39 is 0 Å². The molecule has 0 saturated carbocycles. The average molecular weight is 364 g/mol. The van der Waals surface area contributed by atoms with E-state index in [-0.39, 0.29) is 6.03 Å². The van der Waals surface area contributed by atoms with Gasteiger partial charge in [-0.25, -0.2) is 9.78 Å². The lowest BCUT2D eigenvalue weighted by Gasteiger charge is -2.16. The largest absolute Gasteiger partial charge is 0.362 e. The van der Waals surface area contributed by atoms with E-state index in [1.807, 2.05) is 66.3 Å². The number of nitrogens with one attached hydrogen (secondary N) is 2. The van der Waals surface area contributed by atoms with Crippen molar-refractivity contribution in [1.29, 1.82) is 0 Å². The van der Waals surface area contributed by atoms with E-state index in [0.29, 0.717) is 19.6 Å². The van der Waals surface area contributed by atoms with Gasteiger partial charge in [-0.3, -0.25) is 4.68 Å². The summed E-state index contributed by atoms with van der Waals surface area (Å²) in [7, 11) is 3.87. The van der Waals surface area contributed by atoms with Crippen molar-refractivity contribution in [3.63, 3.8) is 0 Å². The number of rotatable bonds is 7. The van der Waals surface area contributed by atoms with E-state index in [2.05, 4.69) is 26.8 Å². The topological polar surface area (TPSA) is 75.1 Å². The lowest BCUT2D eigenvalue weighted by Crippen LogP contribution is -2.35. The van der Waals surface area contributed by atoms with Gasteiger partial charge in [-0.15, -0.1) is 0 Å². The Morgan fingerprint density at radius 2 is 1.67 bits per heavy atom. The molecule has 0 aliphatic rings. The molecule has 2 heterocycles. The van der Waals surface area contributed by atoms with Gasteiger partial charge in [0.05, 0.1) is 6.54 Å². The van der Waals surface area contributed by atoms with Crippen molar-refractivity contribution >= 4 is 11.8 Å². The van der Waals surface area contributed by atoms with E-state index in [1.165, 1.54) is 0 Å². The van der Waals surface area contributed by atoms with Crippen LogP contribution in [0.5, 0.6) is 0 Å². The Kier molecular flexibility index (Phi) is 6.04. The molecule has 2 amide bonds. The fourth-order valence-corrected chi connectivity index (χ4v) is 2.84. The van der Waals surface area contributed by atoms with Crippen LogP contribution in [0.1, 0.15) is 16.7 Å². The smallest absolute Gasteiger partial charge is 0.315 e. The summed E-state index contributed by atoms with van der Waals surface area (Å²) < 4.78 is 1.87. The van der Waals surface area contributed by atoms with Crippen LogP contribution in [-0.4, -0.2) is 34.9 Å². The maximum absolute atomic E-state index is 12.2. The first-order valence-corrected chi connectivity index (χ1v) is 8.80. The van der Waals surface area contributed by atoms with Crippen molar-refractivity contribution in [3.8, 4) is 0 Å². The molecular weight excluding hydrogens is 340 g/mol. The summed E-state index contributed by atoms with van der Waals surface area (Å²) in [6.45, 7) is 1.55. The molecule has 0 unspecified atom stereocenters. The Labute approximate surface area is 159 Å². The summed E-state index contributed by atoms with van der Waals surface area (Å²) in [6.07, 6.45) is 5.43. The Morgan fingerprint density at radius 3 is 2.37 bits per heavy atom. The molecule has 0 saturated heterocycles. The highest BCUT2D eigenvalue weighted by Crippen LogP contribution is 2.14. The third-order valence-corrected chi connectivity index (χ3v) is 4.18. The standard InChI is InChI=1S/C20H24N6O/c1-25(2)19-17(9-5-10-21-19)14-23-20(27)22-13-16-7-3-4-8-18(16)15-26-12-6-11-24-26/h3-12H,13-15H2,1-2H3,(H2,22,23,27). The summed E-state index contributed by atoms with van der Waals surface area (Å²) >= 11 is 0. The monoisotopic (exact) mass is 364 g/mol. The molecule has 0 atom stereocenters. The van der Waals surface area contributed by atoms with Crippen molar-refractivity contribution < 1.29 is 4.79 Å². The van der Waals surface area contributed by atoms with Crippen molar-refractivity contribution in [2.45, 2.75) is 19.6 Å². The summed E-state index contributed by atoms with van der Waals surface area (Å²) in [5.74, 6) is 0.849. The van der Waals surface area contributed by atoms with E-state index in [4.69, 9.17) is 0 Å². The molecule has 0 aliphatic heterocycles. The highest BCUT2D eigenvalue weighted by molar-refractivity contribution is 5.74. The lowest BCUT2D eigenvalue weighted by molar-refractivity contribution is 0.240. The predicted molar refractivity (Wildman–Crippen MR) is 105 cm³/mol. The highest BCUT2D eigenvalue weighted by atomic mass is 16.2. The van der Waals surface area contributed by atoms with Gasteiger partial charge in [0.25, 0.3) is 0 Å². The van der Waals surface area contributed by atoms with Gasteiger partial charge in [0.15, 0.2) is 0 Å². The number of anilines is 1. The van der Waals surface area contributed by atoms with Crippen LogP contribution in [-0.2, 0) is 19.6 Å². The molecule has 0 spiro atoms. The number of hydrogen-bond acceptors (Lipinski definition) is 4. The molecule has 0 aliphatic carbocycles. The molecular formula is C20H24N6O. The van der Waals surface area contributed by atoms with Crippen LogP contribution in [0.15, 0.2) is 61.1 Å². The lowest BCUT2D eigenvalue weighted by atomic mass is 10.1. The minimum absolute atomic E-state index is 0.211. The van der Waals surface area contributed by atoms with Gasteiger partial charge in [0.2, 0.25) is 0 Å². The quantitative estimate of drug-likeness (QED) is 0.675. The molecule has 7 nitrogen and oxygen atoms in total. The maximum atomic E-state index is 12.2. The van der Waals surface area contributed by atoms with Crippen molar-refractivity contribution in [1.82, 2.24) is 25.4 Å². The number of carbonyl (C=O) groups excluding carboxylic acids is 1. The van der Waals surface area contributed by atoms with Crippen LogP contribution in [0.3, 0.4) is 0 Å². The molecule has 27 heavy (non-hydrogen) atoms. The number of amides is 2. The van der Waals surface area contributed by atoms with Crippen LogP contribution in [0.25, 0.3) is 0 Å². The van der Waals surface area contributed by atoms with Gasteiger partial charge >= 0.3 is 6.03 Å². The first kappa shape index (κ1) is 18.4. The van der Waals surface area contributed by atoms with E-state index >= 15 is 0 Å². The molecule has 0 bridgehead atoms. The van der Waals surface area contributed by atoms with Crippen molar-refractivity contribution in [2.24, 2.45) is 0 Å². The van der Waals surface area contributed by atoms with Gasteiger partial charge in [0, 0.05) is 51.3 Å². The summed E-state index contributed by atoms with van der Waals surface area (Å²) in [4.78, 5) is 18.5. The first-order valence-electron chi connectivity index (χ1n) is 8.80. The van der Waals surface area contributed by atoms with E-state index in [0.717, 1.165) is 22.5 Å². The van der Waals surface area contributed by atoms with E-state index in [9.17, 15) is 4.79 Å². The van der Waals surface area contributed by atoms with Gasteiger partial charge < -0.3 is 15.5 Å². The molecule has 3 aromatic rings. The minimum atomic E-state index is -0.211. The van der Waals surface area contributed by atoms with E-state index in [1.54, 1.807) is 12.4 Å². The fraction of sp³-hybridized carbons (Fsp3) is 0.250. The number of nitrogens with zero attached hydrogens (tertiary/aromatic N) is 4. The number of benzene rings is 1. The second kappa shape index (κ2) is 8.84. The second-order valence-corrected chi connectivity index (χ2v) is 6.39. The number of urea groups is 1. The van der Waals surface area contributed by atoms with Crippen LogP contribution < -0.4 is 15.5 Å². The SMILES string of the molecule is CN(C)c1ncccc1CNC(=O)NCc1ccccc1Cn1cccn1. The van der Waals surface area contributed by atoms with Crippen LogP contribution >= 0.6 is 0 Å². The van der Waals surface area contributed by atoms with Crippen LogP contribution in [0.2, 0.25) is 0 Å². The second-order valence-electron chi connectivity index (χ2n) is 6.39. The minimum Gasteiger partial charge on any atom is -0.362 e. The average Bonchev–Trinajstić information content (AvgIpc) is 3.19. The van der Waals surface area contributed by atoms with Crippen molar-refractivity contribution in [2.75, 3.05) is 19.0 Å². The van der Waals surface area contributed by atoms with Crippen LogP contribution in [0, 0.1) is 0 Å². The molecule has 0 fully saturated rings. The number of aromatic nitrogens is 3. The van der Waals surface area contributed by atoms with Crippen LogP contribution in [0.4, 0.5) is 10.6 Å². The zero-order chi connectivity index (χ0) is 19.1. The zero-order valence-corrected chi connectivity index (χ0v) is 15.6. The Balaban J connectivity index is 1.56. The normalized spacial score (nSPS) is 10.4. The third kappa shape index (κ3) is 5.07.